The third kappa shape index (κ3) is 2.64. The van der Waals surface area contributed by atoms with Crippen molar-refractivity contribution in [3.8, 4) is 0 Å². The number of hydrogen-bond donors (Lipinski definition) is 3. The maximum Gasteiger partial charge on any atom is 0.0443 e. The van der Waals surface area contributed by atoms with Gasteiger partial charge in [-0.3, -0.25) is 0 Å². The summed E-state index contributed by atoms with van der Waals surface area (Å²) < 4.78 is 0. The van der Waals surface area contributed by atoms with Crippen molar-refractivity contribution in [1.82, 2.24) is 10.6 Å². The molecule has 0 radical (unpaired) electrons. The lowest BCUT2D eigenvalue weighted by Gasteiger charge is -2.09. The molecule has 0 aromatic carbocycles. The van der Waals surface area contributed by atoms with Gasteiger partial charge in [-0.05, 0) is 25.9 Å². The van der Waals surface area contributed by atoms with Crippen molar-refractivity contribution in [2.45, 2.75) is 18.9 Å². The van der Waals surface area contributed by atoms with E-state index in [9.17, 15) is 0 Å². The van der Waals surface area contributed by atoms with Crippen molar-refractivity contribution >= 4 is 0 Å². The maximum atomic E-state index is 8.48. The molecular weight excluding hydrogens is 128 g/mol. The van der Waals surface area contributed by atoms with Crippen LogP contribution >= 0.6 is 0 Å². The molecule has 0 aliphatic carbocycles. The van der Waals surface area contributed by atoms with Crippen molar-refractivity contribution in [2.75, 3.05) is 26.2 Å². The summed E-state index contributed by atoms with van der Waals surface area (Å²) in [6.45, 7) is 3.47. The van der Waals surface area contributed by atoms with E-state index in [0.717, 1.165) is 26.1 Å². The predicted molar refractivity (Wildman–Crippen MR) is 41.0 cm³/mol. The molecule has 1 aliphatic heterocycles. The van der Waals surface area contributed by atoms with E-state index in [1.165, 1.54) is 6.42 Å². The number of rotatable bonds is 4. The van der Waals surface area contributed by atoms with Gasteiger partial charge in [0, 0.05) is 19.2 Å². The first kappa shape index (κ1) is 7.98. The van der Waals surface area contributed by atoms with Gasteiger partial charge in [-0.2, -0.15) is 0 Å². The molecule has 0 bridgehead atoms. The Hall–Kier alpha value is -0.120. The standard InChI is InChI=1S/C7H16N2O/c10-5-1-3-9-7-2-4-8-6-7/h7-10H,1-6H2/t7-/m1/s1. The van der Waals surface area contributed by atoms with E-state index in [4.69, 9.17) is 5.11 Å². The summed E-state index contributed by atoms with van der Waals surface area (Å²) in [6, 6.07) is 0.645. The van der Waals surface area contributed by atoms with Crippen LogP contribution < -0.4 is 10.6 Å². The van der Waals surface area contributed by atoms with Crippen molar-refractivity contribution in [3.05, 3.63) is 0 Å². The van der Waals surface area contributed by atoms with Crippen LogP contribution in [0.3, 0.4) is 0 Å². The minimum atomic E-state index is 0.299. The maximum absolute atomic E-state index is 8.48. The fraction of sp³-hybridized carbons (Fsp3) is 1.00. The van der Waals surface area contributed by atoms with Gasteiger partial charge in [0.25, 0.3) is 0 Å². The summed E-state index contributed by atoms with van der Waals surface area (Å²) in [5.74, 6) is 0. The number of aliphatic hydroxyl groups excluding tert-OH is 1. The highest BCUT2D eigenvalue weighted by molar-refractivity contribution is 4.76. The van der Waals surface area contributed by atoms with Crippen LogP contribution in [0.4, 0.5) is 0 Å². The minimum absolute atomic E-state index is 0.299. The predicted octanol–water partition coefficient (Wildman–Crippen LogP) is -0.680. The zero-order chi connectivity index (χ0) is 7.23. The van der Waals surface area contributed by atoms with Crippen LogP contribution in [0.25, 0.3) is 0 Å². The summed E-state index contributed by atoms with van der Waals surface area (Å²) in [5.41, 5.74) is 0. The van der Waals surface area contributed by atoms with Crippen LogP contribution in [-0.2, 0) is 0 Å². The summed E-state index contributed by atoms with van der Waals surface area (Å²) >= 11 is 0. The normalized spacial score (nSPS) is 25.5. The fourth-order valence-electron chi connectivity index (χ4n) is 1.21. The van der Waals surface area contributed by atoms with Gasteiger partial charge in [0.05, 0.1) is 0 Å². The highest BCUT2D eigenvalue weighted by atomic mass is 16.3. The Bertz CT molecular complexity index is 81.7. The first-order chi connectivity index (χ1) is 4.93. The highest BCUT2D eigenvalue weighted by Gasteiger charge is 2.11. The van der Waals surface area contributed by atoms with Gasteiger partial charge in [0.15, 0.2) is 0 Å². The van der Waals surface area contributed by atoms with Gasteiger partial charge >= 0.3 is 0 Å². The van der Waals surface area contributed by atoms with Crippen LogP contribution in [0.15, 0.2) is 0 Å². The minimum Gasteiger partial charge on any atom is -0.396 e. The molecule has 0 spiro atoms. The SMILES string of the molecule is OCCCN[C@@H]1CCNC1. The van der Waals surface area contributed by atoms with Gasteiger partial charge in [0.2, 0.25) is 0 Å². The molecule has 1 heterocycles. The second-order valence-electron chi connectivity index (χ2n) is 2.72. The van der Waals surface area contributed by atoms with Crippen molar-refractivity contribution in [3.63, 3.8) is 0 Å². The van der Waals surface area contributed by atoms with E-state index in [-0.39, 0.29) is 0 Å². The topological polar surface area (TPSA) is 44.3 Å². The molecular formula is C7H16N2O. The lowest BCUT2D eigenvalue weighted by Crippen LogP contribution is -2.31. The Balaban J connectivity index is 1.91. The molecule has 0 aromatic rings. The first-order valence-electron chi connectivity index (χ1n) is 3.98. The molecule has 3 nitrogen and oxygen atoms in total. The molecule has 3 heteroatoms. The number of hydrogen-bond acceptors (Lipinski definition) is 3. The molecule has 3 N–H and O–H groups in total. The average Bonchev–Trinajstić information content (AvgIpc) is 2.41. The molecule has 1 saturated heterocycles. The third-order valence-corrected chi connectivity index (χ3v) is 1.83. The molecule has 0 saturated carbocycles. The smallest absolute Gasteiger partial charge is 0.0443 e. The summed E-state index contributed by atoms with van der Waals surface area (Å²) in [7, 11) is 0. The lowest BCUT2D eigenvalue weighted by atomic mass is 10.2. The summed E-state index contributed by atoms with van der Waals surface area (Å²) in [6.07, 6.45) is 2.10. The Labute approximate surface area is 61.8 Å². The lowest BCUT2D eigenvalue weighted by molar-refractivity contribution is 0.283. The second-order valence-corrected chi connectivity index (χ2v) is 2.72. The van der Waals surface area contributed by atoms with Gasteiger partial charge in [0.1, 0.15) is 0 Å². The van der Waals surface area contributed by atoms with Gasteiger partial charge in [-0.25, -0.2) is 0 Å². The first-order valence-corrected chi connectivity index (χ1v) is 3.98. The van der Waals surface area contributed by atoms with Gasteiger partial charge < -0.3 is 15.7 Å². The van der Waals surface area contributed by atoms with Crippen LogP contribution in [0, 0.1) is 0 Å². The van der Waals surface area contributed by atoms with E-state index in [1.807, 2.05) is 0 Å². The van der Waals surface area contributed by atoms with E-state index in [0.29, 0.717) is 12.6 Å². The van der Waals surface area contributed by atoms with Crippen LogP contribution in [0.5, 0.6) is 0 Å². The molecule has 1 atom stereocenters. The number of aliphatic hydroxyl groups is 1. The van der Waals surface area contributed by atoms with Gasteiger partial charge in [-0.1, -0.05) is 0 Å². The Kier molecular flexibility index (Phi) is 3.72. The Morgan fingerprint density at radius 2 is 2.50 bits per heavy atom. The van der Waals surface area contributed by atoms with E-state index >= 15 is 0 Å². The van der Waals surface area contributed by atoms with Gasteiger partial charge in [-0.15, -0.1) is 0 Å². The molecule has 10 heavy (non-hydrogen) atoms. The molecule has 1 rings (SSSR count). The number of nitrogens with one attached hydrogen (secondary N) is 2. The van der Waals surface area contributed by atoms with Crippen LogP contribution in [0.1, 0.15) is 12.8 Å². The van der Waals surface area contributed by atoms with Crippen molar-refractivity contribution < 1.29 is 5.11 Å². The molecule has 0 aromatic heterocycles. The molecule has 0 unspecified atom stereocenters. The molecule has 0 amide bonds. The summed E-state index contributed by atoms with van der Waals surface area (Å²) in [4.78, 5) is 0. The zero-order valence-electron chi connectivity index (χ0n) is 6.27. The van der Waals surface area contributed by atoms with Crippen molar-refractivity contribution in [2.24, 2.45) is 0 Å². The third-order valence-electron chi connectivity index (χ3n) is 1.83. The Morgan fingerprint density at radius 3 is 3.10 bits per heavy atom. The van der Waals surface area contributed by atoms with Crippen LogP contribution in [-0.4, -0.2) is 37.4 Å². The Morgan fingerprint density at radius 1 is 1.60 bits per heavy atom. The zero-order valence-corrected chi connectivity index (χ0v) is 6.27. The monoisotopic (exact) mass is 144 g/mol. The van der Waals surface area contributed by atoms with Crippen LogP contribution in [0.2, 0.25) is 0 Å². The fourth-order valence-corrected chi connectivity index (χ4v) is 1.21. The largest absolute Gasteiger partial charge is 0.396 e. The molecule has 1 aliphatic rings. The molecule has 60 valence electrons. The quantitative estimate of drug-likeness (QED) is 0.458. The second kappa shape index (κ2) is 4.66. The average molecular weight is 144 g/mol. The van der Waals surface area contributed by atoms with E-state index in [2.05, 4.69) is 10.6 Å². The van der Waals surface area contributed by atoms with E-state index < -0.39 is 0 Å². The summed E-state index contributed by atoms with van der Waals surface area (Å²) in [5, 5.41) is 15.1. The molecule has 1 fully saturated rings. The van der Waals surface area contributed by atoms with E-state index in [1.54, 1.807) is 0 Å². The van der Waals surface area contributed by atoms with Crippen molar-refractivity contribution in [1.29, 1.82) is 0 Å². The highest BCUT2D eigenvalue weighted by Crippen LogP contribution is 1.95.